The lowest BCUT2D eigenvalue weighted by Crippen LogP contribution is -2.19. The Bertz CT molecular complexity index is 2060. The molecule has 0 fully saturated rings. The van der Waals surface area contributed by atoms with Crippen LogP contribution in [0.5, 0.6) is 11.5 Å². The van der Waals surface area contributed by atoms with Gasteiger partial charge >= 0.3 is 23.9 Å². The molecule has 2 aliphatic heterocycles. The lowest BCUT2D eigenvalue weighted by molar-refractivity contribution is 0.0373. The Hall–Kier alpha value is -5.38. The predicted octanol–water partition coefficient (Wildman–Crippen LogP) is 8.71. The van der Waals surface area contributed by atoms with Crippen LogP contribution >= 0.6 is 23.5 Å². The Morgan fingerprint density at radius 3 is 1.20 bits per heavy atom. The number of carbonyl (C=O) groups excluding carboxylic acids is 4. The van der Waals surface area contributed by atoms with Crippen molar-refractivity contribution in [3.63, 3.8) is 0 Å². The number of cyclic esters (lactones) is 4. The summed E-state index contributed by atoms with van der Waals surface area (Å²) in [7, 11) is 0. The topological polar surface area (TPSA) is 96.0 Å². The highest BCUT2D eigenvalue weighted by molar-refractivity contribution is 7.99. The number of ether oxygens (including phenoxy) is 3. The fraction of sp³-hybridized carbons (Fsp3) is 0. The Morgan fingerprint density at radius 1 is 0.422 bits per heavy atom. The van der Waals surface area contributed by atoms with Gasteiger partial charge in [0.15, 0.2) is 0 Å². The van der Waals surface area contributed by atoms with E-state index in [9.17, 15) is 19.2 Å². The van der Waals surface area contributed by atoms with Gasteiger partial charge in [0.1, 0.15) is 11.5 Å². The highest BCUT2D eigenvalue weighted by Crippen LogP contribution is 2.40. The van der Waals surface area contributed by atoms with Crippen molar-refractivity contribution in [1.82, 2.24) is 0 Å². The fourth-order valence-corrected chi connectivity index (χ4v) is 7.43. The van der Waals surface area contributed by atoms with Crippen molar-refractivity contribution in [2.45, 2.75) is 19.6 Å². The number of rotatable bonds is 6. The van der Waals surface area contributed by atoms with Gasteiger partial charge in [0.25, 0.3) is 0 Å². The van der Waals surface area contributed by atoms with Crippen LogP contribution in [0, 0.1) is 0 Å². The van der Waals surface area contributed by atoms with Gasteiger partial charge in [-0.2, -0.15) is 0 Å². The Labute approximate surface area is 264 Å². The van der Waals surface area contributed by atoms with Crippen molar-refractivity contribution < 1.29 is 33.4 Å². The molecule has 45 heavy (non-hydrogen) atoms. The lowest BCUT2D eigenvalue weighted by Gasteiger charge is -2.17. The molecule has 0 unspecified atom stereocenters. The maximum absolute atomic E-state index is 12.3. The van der Waals surface area contributed by atoms with E-state index in [1.165, 1.54) is 23.5 Å². The second-order valence-electron chi connectivity index (χ2n) is 10.3. The summed E-state index contributed by atoms with van der Waals surface area (Å²) in [6.07, 6.45) is 0. The smallest absolute Gasteiger partial charge is 0.346 e. The first-order valence-corrected chi connectivity index (χ1v) is 15.4. The summed E-state index contributed by atoms with van der Waals surface area (Å²) >= 11 is 3.06. The SMILES string of the molecule is O=C1OC(=O)c2ccc(Sc3ccc(Oc4ccc(Sc5ccc6c7c(cccc57)C(=O)OC6=O)cc4)cc3)c3cccc1c23. The van der Waals surface area contributed by atoms with Crippen LogP contribution in [0.4, 0.5) is 0 Å². The first-order valence-electron chi connectivity index (χ1n) is 13.8. The number of esters is 4. The van der Waals surface area contributed by atoms with Crippen LogP contribution in [-0.4, -0.2) is 23.9 Å². The van der Waals surface area contributed by atoms with Crippen molar-refractivity contribution in [3.05, 3.63) is 131 Å². The zero-order valence-corrected chi connectivity index (χ0v) is 24.7. The van der Waals surface area contributed by atoms with Gasteiger partial charge in [-0.3, -0.25) is 0 Å². The van der Waals surface area contributed by atoms with Crippen molar-refractivity contribution in [2.75, 3.05) is 0 Å². The van der Waals surface area contributed by atoms with E-state index in [-0.39, 0.29) is 0 Å². The van der Waals surface area contributed by atoms with Crippen LogP contribution in [0.15, 0.2) is 129 Å². The van der Waals surface area contributed by atoms with Crippen molar-refractivity contribution in [2.24, 2.45) is 0 Å². The average molecular weight is 627 g/mol. The van der Waals surface area contributed by atoms with Crippen LogP contribution in [0.2, 0.25) is 0 Å². The molecule has 6 aromatic carbocycles. The first-order chi connectivity index (χ1) is 21.9. The molecule has 0 radical (unpaired) electrons. The summed E-state index contributed by atoms with van der Waals surface area (Å²) in [5.41, 5.74) is 1.56. The minimum atomic E-state index is -0.629. The van der Waals surface area contributed by atoms with Crippen LogP contribution < -0.4 is 4.74 Å². The normalized spacial score (nSPS) is 13.6. The lowest BCUT2D eigenvalue weighted by atomic mass is 9.97. The molecule has 0 spiro atoms. The molecular weight excluding hydrogens is 609 g/mol. The highest BCUT2D eigenvalue weighted by Gasteiger charge is 2.29. The van der Waals surface area contributed by atoms with Crippen LogP contribution in [-0.2, 0) is 9.47 Å². The Morgan fingerprint density at radius 2 is 0.800 bits per heavy atom. The summed E-state index contributed by atoms with van der Waals surface area (Å²) in [5, 5.41) is 2.88. The average Bonchev–Trinajstić information content (AvgIpc) is 3.05. The summed E-state index contributed by atoms with van der Waals surface area (Å²) in [6.45, 7) is 0. The fourth-order valence-electron chi connectivity index (χ4n) is 5.55. The van der Waals surface area contributed by atoms with E-state index in [1.807, 2.05) is 72.8 Å². The third kappa shape index (κ3) is 4.73. The maximum atomic E-state index is 12.3. The second-order valence-corrected chi connectivity index (χ2v) is 12.5. The number of carbonyl (C=O) groups is 4. The van der Waals surface area contributed by atoms with E-state index >= 15 is 0 Å². The zero-order chi connectivity index (χ0) is 30.7. The number of hydrogen-bond acceptors (Lipinski definition) is 9. The van der Waals surface area contributed by atoms with Crippen LogP contribution in [0.25, 0.3) is 21.5 Å². The molecule has 0 N–H and O–H groups in total. The Balaban J connectivity index is 0.984. The van der Waals surface area contributed by atoms with E-state index in [0.29, 0.717) is 44.5 Å². The zero-order valence-electron chi connectivity index (χ0n) is 23.1. The molecule has 0 atom stereocenters. The van der Waals surface area contributed by atoms with Gasteiger partial charge in [-0.25, -0.2) is 19.2 Å². The van der Waals surface area contributed by atoms with E-state index < -0.39 is 23.9 Å². The van der Waals surface area contributed by atoms with Crippen molar-refractivity contribution in [3.8, 4) is 11.5 Å². The molecule has 0 aromatic heterocycles. The molecule has 0 bridgehead atoms. The molecular formula is C36H18O7S2. The van der Waals surface area contributed by atoms with Crippen LogP contribution in [0.3, 0.4) is 0 Å². The number of benzene rings is 6. The third-order valence-corrected chi connectivity index (χ3v) is 9.76. The molecule has 0 amide bonds. The van der Waals surface area contributed by atoms with E-state index in [4.69, 9.17) is 14.2 Å². The molecule has 7 nitrogen and oxygen atoms in total. The molecule has 2 heterocycles. The summed E-state index contributed by atoms with van der Waals surface area (Å²) in [4.78, 5) is 52.8. The summed E-state index contributed by atoms with van der Waals surface area (Å²) in [5.74, 6) is -1.17. The summed E-state index contributed by atoms with van der Waals surface area (Å²) in [6, 6.07) is 33.2. The molecule has 8 rings (SSSR count). The molecule has 0 aliphatic carbocycles. The minimum absolute atomic E-state index is 0.390. The van der Waals surface area contributed by atoms with Crippen molar-refractivity contribution in [1.29, 1.82) is 0 Å². The van der Waals surface area contributed by atoms with Gasteiger partial charge in [0.05, 0.1) is 22.3 Å². The highest BCUT2D eigenvalue weighted by atomic mass is 32.2. The molecule has 216 valence electrons. The largest absolute Gasteiger partial charge is 0.457 e. The first kappa shape index (κ1) is 27.2. The van der Waals surface area contributed by atoms with E-state index in [1.54, 1.807) is 36.4 Å². The van der Waals surface area contributed by atoms with Gasteiger partial charge < -0.3 is 14.2 Å². The minimum Gasteiger partial charge on any atom is -0.457 e. The standard InChI is InChI=1S/C36H18O7S2/c37-33-25-5-1-3-23-29(17-15-27(31(23)25)35(39)42-33)44-21-11-7-19(8-12-21)41-20-9-13-22(14-10-20)45-30-18-16-28-32-24(30)4-2-6-26(32)34(38)43-36(28)40/h1-18H. The predicted molar refractivity (Wildman–Crippen MR) is 169 cm³/mol. The second kappa shape index (κ2) is 10.7. The molecule has 6 aromatic rings. The van der Waals surface area contributed by atoms with Gasteiger partial charge in [-0.15, -0.1) is 0 Å². The van der Waals surface area contributed by atoms with E-state index in [2.05, 4.69) is 0 Å². The van der Waals surface area contributed by atoms with Gasteiger partial charge in [0.2, 0.25) is 0 Å². The Kier molecular flexibility index (Phi) is 6.44. The van der Waals surface area contributed by atoms with Gasteiger partial charge in [-0.05, 0) is 95.7 Å². The number of hydrogen-bond donors (Lipinski definition) is 0. The quantitative estimate of drug-likeness (QED) is 0.133. The monoisotopic (exact) mass is 626 g/mol. The van der Waals surface area contributed by atoms with Gasteiger partial charge in [-0.1, -0.05) is 47.8 Å². The third-order valence-electron chi connectivity index (χ3n) is 7.59. The van der Waals surface area contributed by atoms with Crippen LogP contribution in [0.1, 0.15) is 41.4 Å². The maximum Gasteiger partial charge on any atom is 0.346 e. The van der Waals surface area contributed by atoms with Crippen molar-refractivity contribution >= 4 is 68.9 Å². The molecule has 0 saturated carbocycles. The van der Waals surface area contributed by atoms with Gasteiger partial charge in [0, 0.05) is 30.4 Å². The summed E-state index contributed by atoms with van der Waals surface area (Å²) < 4.78 is 15.8. The molecule has 9 heteroatoms. The molecule has 2 aliphatic rings. The van der Waals surface area contributed by atoms with E-state index in [0.717, 1.165) is 30.4 Å². The molecule has 0 saturated heterocycles.